The van der Waals surface area contributed by atoms with Crippen molar-refractivity contribution in [3.05, 3.63) is 23.7 Å². The fourth-order valence-corrected chi connectivity index (χ4v) is 1.13. The largest absolute Gasteiger partial charge is 0.463 e. The molecule has 1 heterocycles. The smallest absolute Gasteiger partial charge is 0.374 e. The molecule has 0 amide bonds. The van der Waals surface area contributed by atoms with E-state index < -0.39 is 5.97 Å². The summed E-state index contributed by atoms with van der Waals surface area (Å²) in [5.41, 5.74) is 0.777. The molecule has 0 saturated heterocycles. The van der Waals surface area contributed by atoms with E-state index in [-0.39, 0.29) is 5.76 Å². The number of furan rings is 1. The van der Waals surface area contributed by atoms with Crippen molar-refractivity contribution >= 4 is 5.97 Å². The summed E-state index contributed by atoms with van der Waals surface area (Å²) in [7, 11) is 1.32. The number of ether oxygens (including phenoxy) is 1. The summed E-state index contributed by atoms with van der Waals surface area (Å²) in [4.78, 5) is 11.2. The Hall–Kier alpha value is -1.73. The van der Waals surface area contributed by atoms with Crippen molar-refractivity contribution < 1.29 is 13.9 Å². The molecule has 0 aromatic carbocycles. The second kappa shape index (κ2) is 5.89. The molecule has 4 nitrogen and oxygen atoms in total. The van der Waals surface area contributed by atoms with Gasteiger partial charge < -0.3 is 14.5 Å². The molecule has 1 aromatic heterocycles. The number of hydrogen-bond acceptors (Lipinski definition) is 4. The van der Waals surface area contributed by atoms with Crippen LogP contribution in [0.4, 0.5) is 0 Å². The molecule has 0 bridgehead atoms. The van der Waals surface area contributed by atoms with Crippen molar-refractivity contribution in [1.82, 2.24) is 5.32 Å². The maximum Gasteiger partial charge on any atom is 0.374 e. The van der Waals surface area contributed by atoms with Gasteiger partial charge in [-0.3, -0.25) is 0 Å². The summed E-state index contributed by atoms with van der Waals surface area (Å²) < 4.78 is 9.59. The number of esters is 1. The van der Waals surface area contributed by atoms with Gasteiger partial charge in [-0.05, 0) is 6.07 Å². The maximum absolute atomic E-state index is 11.2. The van der Waals surface area contributed by atoms with E-state index in [0.29, 0.717) is 19.5 Å². The fraction of sp³-hybridized carbons (Fsp3) is 0.364. The second-order valence-corrected chi connectivity index (χ2v) is 2.90. The SMILES string of the molecule is C#CCCNCc1ccoc1C(=O)OC. The van der Waals surface area contributed by atoms with Crippen molar-refractivity contribution in [3.8, 4) is 12.3 Å². The zero-order chi connectivity index (χ0) is 11.1. The molecule has 0 spiro atoms. The van der Waals surface area contributed by atoms with E-state index in [1.54, 1.807) is 6.07 Å². The third-order valence-corrected chi connectivity index (χ3v) is 1.88. The predicted octanol–water partition coefficient (Wildman–Crippen LogP) is 1.18. The molecule has 4 heteroatoms. The molecule has 1 rings (SSSR count). The lowest BCUT2D eigenvalue weighted by molar-refractivity contribution is 0.0563. The van der Waals surface area contributed by atoms with E-state index >= 15 is 0 Å². The quantitative estimate of drug-likeness (QED) is 0.447. The topological polar surface area (TPSA) is 51.5 Å². The first kappa shape index (κ1) is 11.3. The highest BCUT2D eigenvalue weighted by atomic mass is 16.5. The van der Waals surface area contributed by atoms with Crippen LogP contribution in [0.3, 0.4) is 0 Å². The van der Waals surface area contributed by atoms with Crippen LogP contribution < -0.4 is 5.32 Å². The summed E-state index contributed by atoms with van der Waals surface area (Å²) >= 11 is 0. The standard InChI is InChI=1S/C11H13NO3/c1-3-4-6-12-8-9-5-7-15-10(9)11(13)14-2/h1,5,7,12H,4,6,8H2,2H3. The van der Waals surface area contributed by atoms with Gasteiger partial charge in [-0.2, -0.15) is 0 Å². The number of carbonyl (C=O) groups is 1. The summed E-state index contributed by atoms with van der Waals surface area (Å²) in [5, 5.41) is 3.10. The van der Waals surface area contributed by atoms with Crippen molar-refractivity contribution in [3.63, 3.8) is 0 Å². The predicted molar refractivity (Wildman–Crippen MR) is 55.2 cm³/mol. The molecule has 15 heavy (non-hydrogen) atoms. The molecule has 0 aliphatic heterocycles. The van der Waals surface area contributed by atoms with E-state index in [9.17, 15) is 4.79 Å². The lowest BCUT2D eigenvalue weighted by atomic mass is 10.2. The van der Waals surface area contributed by atoms with Gasteiger partial charge in [-0.25, -0.2) is 4.79 Å². The van der Waals surface area contributed by atoms with Gasteiger partial charge in [-0.15, -0.1) is 12.3 Å². The minimum absolute atomic E-state index is 0.241. The van der Waals surface area contributed by atoms with Gasteiger partial charge in [0.15, 0.2) is 0 Å². The summed E-state index contributed by atoms with van der Waals surface area (Å²) in [6, 6.07) is 1.73. The molecule has 0 unspecified atom stereocenters. The number of hydrogen-bond donors (Lipinski definition) is 1. The zero-order valence-corrected chi connectivity index (χ0v) is 8.58. The van der Waals surface area contributed by atoms with E-state index in [4.69, 9.17) is 10.8 Å². The molecule has 0 radical (unpaired) electrons. The Balaban J connectivity index is 2.51. The van der Waals surface area contributed by atoms with Gasteiger partial charge in [-0.1, -0.05) is 0 Å². The van der Waals surface area contributed by atoms with Crippen molar-refractivity contribution in [2.75, 3.05) is 13.7 Å². The molecule has 0 atom stereocenters. The molecular weight excluding hydrogens is 194 g/mol. The van der Waals surface area contributed by atoms with Crippen molar-refractivity contribution in [1.29, 1.82) is 0 Å². The van der Waals surface area contributed by atoms with Crippen LogP contribution >= 0.6 is 0 Å². The first-order valence-electron chi connectivity index (χ1n) is 4.58. The van der Waals surface area contributed by atoms with Gasteiger partial charge >= 0.3 is 5.97 Å². The number of nitrogens with one attached hydrogen (secondary N) is 1. The lowest BCUT2D eigenvalue weighted by Gasteiger charge is -2.02. The number of methoxy groups -OCH3 is 1. The highest BCUT2D eigenvalue weighted by Gasteiger charge is 2.14. The Morgan fingerprint density at radius 1 is 1.73 bits per heavy atom. The molecular formula is C11H13NO3. The monoisotopic (exact) mass is 207 g/mol. The van der Waals surface area contributed by atoms with E-state index in [1.807, 2.05) is 0 Å². The average molecular weight is 207 g/mol. The van der Waals surface area contributed by atoms with Crippen LogP contribution in [0.2, 0.25) is 0 Å². The normalized spacial score (nSPS) is 9.60. The molecule has 0 saturated carbocycles. The Kier molecular flexibility index (Phi) is 4.45. The summed E-state index contributed by atoms with van der Waals surface area (Å²) in [5.74, 6) is 2.30. The molecule has 1 N–H and O–H groups in total. The highest BCUT2D eigenvalue weighted by Crippen LogP contribution is 2.11. The molecule has 0 fully saturated rings. The Bertz CT molecular complexity index is 362. The molecule has 0 aliphatic rings. The van der Waals surface area contributed by atoms with Gasteiger partial charge in [0.25, 0.3) is 0 Å². The molecule has 1 aromatic rings. The van der Waals surface area contributed by atoms with Crippen LogP contribution in [0.25, 0.3) is 0 Å². The average Bonchev–Trinajstić information content (AvgIpc) is 2.71. The first-order chi connectivity index (χ1) is 7.29. The van der Waals surface area contributed by atoms with E-state index in [2.05, 4.69) is 16.0 Å². The van der Waals surface area contributed by atoms with Crippen LogP contribution in [0.5, 0.6) is 0 Å². The highest BCUT2D eigenvalue weighted by molar-refractivity contribution is 5.87. The number of rotatable bonds is 5. The van der Waals surface area contributed by atoms with Gasteiger partial charge in [0, 0.05) is 25.1 Å². The molecule has 80 valence electrons. The number of terminal acetylenes is 1. The Morgan fingerprint density at radius 3 is 3.20 bits per heavy atom. The van der Waals surface area contributed by atoms with Crippen LogP contribution in [0, 0.1) is 12.3 Å². The lowest BCUT2D eigenvalue weighted by Crippen LogP contribution is -2.16. The minimum atomic E-state index is -0.464. The van der Waals surface area contributed by atoms with Crippen LogP contribution in [0.15, 0.2) is 16.7 Å². The van der Waals surface area contributed by atoms with Crippen molar-refractivity contribution in [2.45, 2.75) is 13.0 Å². The molecule has 0 aliphatic carbocycles. The summed E-state index contributed by atoms with van der Waals surface area (Å²) in [6.45, 7) is 1.25. The minimum Gasteiger partial charge on any atom is -0.463 e. The summed E-state index contributed by atoms with van der Waals surface area (Å²) in [6.07, 6.45) is 7.23. The van der Waals surface area contributed by atoms with E-state index in [1.165, 1.54) is 13.4 Å². The van der Waals surface area contributed by atoms with Crippen LogP contribution in [-0.2, 0) is 11.3 Å². The zero-order valence-electron chi connectivity index (χ0n) is 8.58. The van der Waals surface area contributed by atoms with Crippen molar-refractivity contribution in [2.24, 2.45) is 0 Å². The number of carbonyl (C=O) groups excluding carboxylic acids is 1. The van der Waals surface area contributed by atoms with Crippen LogP contribution in [-0.4, -0.2) is 19.6 Å². The third kappa shape index (κ3) is 3.15. The van der Waals surface area contributed by atoms with Gasteiger partial charge in [0.05, 0.1) is 13.4 Å². The van der Waals surface area contributed by atoms with Gasteiger partial charge in [0.2, 0.25) is 5.76 Å². The first-order valence-corrected chi connectivity index (χ1v) is 4.58. The fourth-order valence-electron chi connectivity index (χ4n) is 1.13. The Morgan fingerprint density at radius 2 is 2.53 bits per heavy atom. The third-order valence-electron chi connectivity index (χ3n) is 1.88. The maximum atomic E-state index is 11.2. The Labute approximate surface area is 88.6 Å². The van der Waals surface area contributed by atoms with Crippen LogP contribution in [0.1, 0.15) is 22.5 Å². The van der Waals surface area contributed by atoms with Gasteiger partial charge in [0.1, 0.15) is 0 Å². The second-order valence-electron chi connectivity index (χ2n) is 2.90. The van der Waals surface area contributed by atoms with E-state index in [0.717, 1.165) is 5.56 Å².